The van der Waals surface area contributed by atoms with Crippen molar-refractivity contribution in [2.75, 3.05) is 39.3 Å². The maximum Gasteiger partial charge on any atom is 0.252 e. The van der Waals surface area contributed by atoms with E-state index in [-0.39, 0.29) is 18.4 Å². The second-order valence-corrected chi connectivity index (χ2v) is 5.71. The number of carbonyl (C=O) groups excluding carboxylic acids is 2. The summed E-state index contributed by atoms with van der Waals surface area (Å²) >= 11 is 0. The lowest BCUT2D eigenvalue weighted by Gasteiger charge is -2.15. The Morgan fingerprint density at radius 2 is 1.96 bits per heavy atom. The number of guanidine groups is 1. The predicted molar refractivity (Wildman–Crippen MR) is 96.4 cm³/mol. The van der Waals surface area contributed by atoms with Crippen molar-refractivity contribution in [3.05, 3.63) is 30.1 Å². The quantitative estimate of drug-likeness (QED) is 0.366. The van der Waals surface area contributed by atoms with Crippen molar-refractivity contribution in [3.8, 4) is 0 Å². The molecule has 8 nitrogen and oxygen atoms in total. The minimum atomic E-state index is -0.166. The van der Waals surface area contributed by atoms with Crippen molar-refractivity contribution >= 4 is 17.8 Å². The third-order valence-corrected chi connectivity index (χ3v) is 3.80. The molecule has 1 aliphatic rings. The molecule has 0 bridgehead atoms. The van der Waals surface area contributed by atoms with Gasteiger partial charge in [0.05, 0.1) is 5.56 Å². The highest BCUT2D eigenvalue weighted by atomic mass is 16.2. The number of hydrogen-bond donors (Lipinski definition) is 3. The molecular formula is C17H26N6O2. The number of pyridine rings is 1. The van der Waals surface area contributed by atoms with Gasteiger partial charge in [0.15, 0.2) is 5.96 Å². The van der Waals surface area contributed by atoms with E-state index in [9.17, 15) is 9.59 Å². The van der Waals surface area contributed by atoms with Gasteiger partial charge in [-0.05, 0) is 31.9 Å². The third kappa shape index (κ3) is 6.40. The van der Waals surface area contributed by atoms with E-state index in [0.29, 0.717) is 31.2 Å². The molecule has 3 N–H and O–H groups in total. The minimum Gasteiger partial charge on any atom is -0.357 e. The van der Waals surface area contributed by atoms with Gasteiger partial charge < -0.3 is 20.9 Å². The van der Waals surface area contributed by atoms with Gasteiger partial charge in [-0.3, -0.25) is 14.6 Å². The van der Waals surface area contributed by atoms with Crippen LogP contribution in [-0.2, 0) is 4.79 Å². The lowest BCUT2D eigenvalue weighted by Crippen LogP contribution is -2.42. The minimum absolute atomic E-state index is 0.0552. The average molecular weight is 346 g/mol. The van der Waals surface area contributed by atoms with Crippen molar-refractivity contribution in [1.29, 1.82) is 0 Å². The normalized spacial score (nSPS) is 14.3. The highest BCUT2D eigenvalue weighted by Crippen LogP contribution is 2.07. The van der Waals surface area contributed by atoms with E-state index in [0.717, 1.165) is 25.9 Å². The number of amides is 2. The zero-order valence-electron chi connectivity index (χ0n) is 14.6. The van der Waals surface area contributed by atoms with Crippen LogP contribution in [-0.4, -0.2) is 66.9 Å². The second kappa shape index (κ2) is 10.3. The molecule has 25 heavy (non-hydrogen) atoms. The van der Waals surface area contributed by atoms with Crippen molar-refractivity contribution in [2.24, 2.45) is 4.99 Å². The Morgan fingerprint density at radius 1 is 1.20 bits per heavy atom. The van der Waals surface area contributed by atoms with Gasteiger partial charge in [-0.15, -0.1) is 0 Å². The molecule has 0 radical (unpaired) electrons. The van der Waals surface area contributed by atoms with Crippen LogP contribution in [0.5, 0.6) is 0 Å². The molecule has 0 unspecified atom stereocenters. The first-order valence-corrected chi connectivity index (χ1v) is 8.69. The molecule has 2 amide bonds. The molecule has 136 valence electrons. The van der Waals surface area contributed by atoms with Gasteiger partial charge in [-0.1, -0.05) is 0 Å². The Balaban J connectivity index is 1.72. The van der Waals surface area contributed by atoms with Crippen molar-refractivity contribution in [1.82, 2.24) is 25.8 Å². The molecule has 1 aromatic rings. The standard InChI is InChI=1S/C17H26N6O2/c1-2-19-17(22-13-15(24)23-10-3-4-11-23)21-9-8-20-16(25)14-6-5-7-18-12-14/h5-7,12H,2-4,8-11,13H2,1H3,(H,20,25)(H2,19,21,22). The first-order chi connectivity index (χ1) is 12.2. The summed E-state index contributed by atoms with van der Waals surface area (Å²) in [7, 11) is 0. The van der Waals surface area contributed by atoms with Crippen molar-refractivity contribution < 1.29 is 9.59 Å². The maximum atomic E-state index is 12.0. The summed E-state index contributed by atoms with van der Waals surface area (Å²) in [5, 5.41) is 9.01. The van der Waals surface area contributed by atoms with Crippen LogP contribution in [0.25, 0.3) is 0 Å². The monoisotopic (exact) mass is 346 g/mol. The lowest BCUT2D eigenvalue weighted by atomic mass is 10.3. The van der Waals surface area contributed by atoms with Crippen LogP contribution in [0.3, 0.4) is 0 Å². The number of nitrogens with zero attached hydrogens (tertiary/aromatic N) is 3. The molecule has 0 aromatic carbocycles. The Bertz CT molecular complexity index is 584. The fourth-order valence-electron chi connectivity index (χ4n) is 2.51. The molecule has 0 atom stereocenters. The van der Waals surface area contributed by atoms with Gasteiger partial charge in [-0.2, -0.15) is 0 Å². The number of hydrogen-bond acceptors (Lipinski definition) is 4. The Morgan fingerprint density at radius 3 is 2.64 bits per heavy atom. The number of carbonyl (C=O) groups is 2. The Kier molecular flexibility index (Phi) is 7.68. The topological polar surface area (TPSA) is 98.7 Å². The number of rotatable bonds is 7. The van der Waals surface area contributed by atoms with Crippen LogP contribution >= 0.6 is 0 Å². The number of aromatic nitrogens is 1. The average Bonchev–Trinajstić information content (AvgIpc) is 3.18. The molecule has 0 saturated carbocycles. The van der Waals surface area contributed by atoms with Gasteiger partial charge in [0, 0.05) is 45.1 Å². The predicted octanol–water partition coefficient (Wildman–Crippen LogP) is -0.0111. The molecule has 1 aromatic heterocycles. The Hall–Kier alpha value is -2.64. The first kappa shape index (κ1) is 18.7. The molecule has 0 aliphatic carbocycles. The molecular weight excluding hydrogens is 320 g/mol. The van der Waals surface area contributed by atoms with E-state index in [2.05, 4.69) is 25.9 Å². The summed E-state index contributed by atoms with van der Waals surface area (Å²) in [6, 6.07) is 3.44. The zero-order chi connectivity index (χ0) is 17.9. The van der Waals surface area contributed by atoms with Gasteiger partial charge in [-0.25, -0.2) is 4.99 Å². The van der Waals surface area contributed by atoms with Gasteiger partial charge in [0.1, 0.15) is 6.54 Å². The molecule has 2 heterocycles. The summed E-state index contributed by atoms with van der Waals surface area (Å²) in [5.74, 6) is 0.464. The first-order valence-electron chi connectivity index (χ1n) is 8.69. The largest absolute Gasteiger partial charge is 0.357 e. The van der Waals surface area contributed by atoms with Gasteiger partial charge in [0.2, 0.25) is 5.91 Å². The third-order valence-electron chi connectivity index (χ3n) is 3.80. The van der Waals surface area contributed by atoms with E-state index in [1.807, 2.05) is 11.8 Å². The van der Waals surface area contributed by atoms with E-state index in [4.69, 9.17) is 0 Å². The van der Waals surface area contributed by atoms with Crippen LogP contribution in [0.4, 0.5) is 0 Å². The zero-order valence-corrected chi connectivity index (χ0v) is 14.6. The van der Waals surface area contributed by atoms with Crippen LogP contribution in [0.2, 0.25) is 0 Å². The second-order valence-electron chi connectivity index (χ2n) is 5.71. The van der Waals surface area contributed by atoms with Gasteiger partial charge >= 0.3 is 0 Å². The van der Waals surface area contributed by atoms with E-state index in [1.54, 1.807) is 18.3 Å². The van der Waals surface area contributed by atoms with Crippen LogP contribution in [0.15, 0.2) is 29.5 Å². The lowest BCUT2D eigenvalue weighted by molar-refractivity contribution is -0.128. The van der Waals surface area contributed by atoms with Crippen LogP contribution < -0.4 is 16.0 Å². The molecule has 0 spiro atoms. The summed E-state index contributed by atoms with van der Waals surface area (Å²) in [4.78, 5) is 34.0. The molecule has 2 rings (SSSR count). The molecule has 1 fully saturated rings. The molecule has 1 aliphatic heterocycles. The Labute approximate surface area is 148 Å². The number of likely N-dealkylation sites (tertiary alicyclic amines) is 1. The number of nitrogens with one attached hydrogen (secondary N) is 3. The summed E-state index contributed by atoms with van der Waals surface area (Å²) in [6.07, 6.45) is 5.30. The molecule has 8 heteroatoms. The highest BCUT2D eigenvalue weighted by Gasteiger charge is 2.17. The maximum absolute atomic E-state index is 12.0. The van der Waals surface area contributed by atoms with Crippen LogP contribution in [0.1, 0.15) is 30.1 Å². The summed E-state index contributed by atoms with van der Waals surface area (Å²) in [5.41, 5.74) is 0.527. The van der Waals surface area contributed by atoms with Gasteiger partial charge in [0.25, 0.3) is 5.91 Å². The summed E-state index contributed by atoms with van der Waals surface area (Å²) < 4.78 is 0. The fourth-order valence-corrected chi connectivity index (χ4v) is 2.51. The smallest absolute Gasteiger partial charge is 0.252 e. The van der Waals surface area contributed by atoms with Crippen molar-refractivity contribution in [3.63, 3.8) is 0 Å². The van der Waals surface area contributed by atoms with Crippen molar-refractivity contribution in [2.45, 2.75) is 19.8 Å². The SMILES string of the molecule is CCNC(=NCC(=O)N1CCCC1)NCCNC(=O)c1cccnc1. The van der Waals surface area contributed by atoms with E-state index < -0.39 is 0 Å². The summed E-state index contributed by atoms with van der Waals surface area (Å²) in [6.45, 7) is 5.41. The molecule has 1 saturated heterocycles. The fraction of sp³-hybridized carbons (Fsp3) is 0.529. The van der Waals surface area contributed by atoms with E-state index >= 15 is 0 Å². The van der Waals surface area contributed by atoms with Crippen LogP contribution in [0, 0.1) is 0 Å². The van der Waals surface area contributed by atoms with E-state index in [1.165, 1.54) is 6.20 Å². The number of aliphatic imine (C=N–C) groups is 1. The highest BCUT2D eigenvalue weighted by molar-refractivity contribution is 5.93.